The fourth-order valence-electron chi connectivity index (χ4n) is 1.64. The second kappa shape index (κ2) is 5.72. The van der Waals surface area contributed by atoms with Crippen molar-refractivity contribution in [2.24, 2.45) is 5.92 Å². The molecule has 2 aromatic rings. The Bertz CT molecular complexity index is 517. The molecule has 1 aromatic heterocycles. The molecule has 0 amide bonds. The van der Waals surface area contributed by atoms with Gasteiger partial charge in [-0.1, -0.05) is 37.6 Å². The van der Waals surface area contributed by atoms with Crippen molar-refractivity contribution in [3.05, 3.63) is 34.2 Å². The summed E-state index contributed by atoms with van der Waals surface area (Å²) in [5.74, 6) is 0.619. The SMILES string of the molecule is Cc1sc(NCC(C)C)nc1-c1ccc(Cl)cc1. The molecule has 0 aliphatic carbocycles. The number of aromatic nitrogens is 1. The lowest BCUT2D eigenvalue weighted by molar-refractivity contribution is 0.688. The van der Waals surface area contributed by atoms with Crippen LogP contribution in [0.3, 0.4) is 0 Å². The van der Waals surface area contributed by atoms with Crippen molar-refractivity contribution < 1.29 is 0 Å². The number of rotatable bonds is 4. The highest BCUT2D eigenvalue weighted by Gasteiger charge is 2.09. The maximum atomic E-state index is 5.90. The van der Waals surface area contributed by atoms with E-state index in [1.807, 2.05) is 24.3 Å². The standard InChI is InChI=1S/C14H17ClN2S/c1-9(2)8-16-14-17-13(10(3)18-14)11-4-6-12(15)7-5-11/h4-7,9H,8H2,1-3H3,(H,16,17). The Hall–Kier alpha value is -1.06. The van der Waals surface area contributed by atoms with Crippen molar-refractivity contribution in [1.29, 1.82) is 0 Å². The van der Waals surface area contributed by atoms with Gasteiger partial charge in [-0.05, 0) is 25.0 Å². The second-order valence-electron chi connectivity index (χ2n) is 4.71. The van der Waals surface area contributed by atoms with Gasteiger partial charge in [0.2, 0.25) is 0 Å². The number of benzene rings is 1. The van der Waals surface area contributed by atoms with Gasteiger partial charge in [0.1, 0.15) is 0 Å². The van der Waals surface area contributed by atoms with Gasteiger partial charge in [0.25, 0.3) is 0 Å². The molecule has 1 heterocycles. The number of hydrogen-bond donors (Lipinski definition) is 1. The lowest BCUT2D eigenvalue weighted by atomic mass is 10.1. The van der Waals surface area contributed by atoms with E-state index in [1.165, 1.54) is 4.88 Å². The van der Waals surface area contributed by atoms with Gasteiger partial charge in [-0.25, -0.2) is 4.98 Å². The molecule has 0 aliphatic heterocycles. The minimum absolute atomic E-state index is 0.619. The van der Waals surface area contributed by atoms with Gasteiger partial charge in [-0.2, -0.15) is 0 Å². The molecule has 0 fully saturated rings. The Balaban J connectivity index is 2.21. The van der Waals surface area contributed by atoms with E-state index in [4.69, 9.17) is 11.6 Å². The molecular weight excluding hydrogens is 264 g/mol. The highest BCUT2D eigenvalue weighted by atomic mass is 35.5. The van der Waals surface area contributed by atoms with E-state index >= 15 is 0 Å². The first-order chi connectivity index (χ1) is 8.56. The predicted octanol–water partition coefficient (Wildman–Crippen LogP) is 4.84. The Kier molecular flexibility index (Phi) is 4.25. The Morgan fingerprint density at radius 2 is 1.94 bits per heavy atom. The zero-order valence-electron chi connectivity index (χ0n) is 10.8. The largest absolute Gasteiger partial charge is 0.361 e. The van der Waals surface area contributed by atoms with E-state index in [1.54, 1.807) is 11.3 Å². The summed E-state index contributed by atoms with van der Waals surface area (Å²) >= 11 is 7.60. The Morgan fingerprint density at radius 3 is 2.56 bits per heavy atom. The summed E-state index contributed by atoms with van der Waals surface area (Å²) in [7, 11) is 0. The minimum atomic E-state index is 0.619. The van der Waals surface area contributed by atoms with Crippen molar-refractivity contribution >= 4 is 28.1 Å². The molecule has 18 heavy (non-hydrogen) atoms. The lowest BCUT2D eigenvalue weighted by Gasteiger charge is -2.04. The second-order valence-corrected chi connectivity index (χ2v) is 6.35. The monoisotopic (exact) mass is 280 g/mol. The molecule has 4 heteroatoms. The van der Waals surface area contributed by atoms with Gasteiger partial charge >= 0.3 is 0 Å². The van der Waals surface area contributed by atoms with E-state index in [-0.39, 0.29) is 0 Å². The van der Waals surface area contributed by atoms with Gasteiger partial charge in [-0.3, -0.25) is 0 Å². The van der Waals surface area contributed by atoms with E-state index in [0.717, 1.165) is 28.0 Å². The fourth-order valence-corrected chi connectivity index (χ4v) is 2.61. The van der Waals surface area contributed by atoms with Gasteiger partial charge in [0.15, 0.2) is 5.13 Å². The van der Waals surface area contributed by atoms with Crippen LogP contribution < -0.4 is 5.32 Å². The van der Waals surface area contributed by atoms with Crippen LogP contribution in [0, 0.1) is 12.8 Å². The van der Waals surface area contributed by atoms with Crippen LogP contribution in [-0.2, 0) is 0 Å². The van der Waals surface area contributed by atoms with Crippen molar-refractivity contribution in [3.63, 3.8) is 0 Å². The normalized spacial score (nSPS) is 10.9. The molecular formula is C14H17ClN2S. The van der Waals surface area contributed by atoms with Crippen molar-refractivity contribution in [3.8, 4) is 11.3 Å². The molecule has 0 aliphatic rings. The van der Waals surface area contributed by atoms with Crippen LogP contribution in [0.25, 0.3) is 11.3 Å². The van der Waals surface area contributed by atoms with Crippen LogP contribution in [0.1, 0.15) is 18.7 Å². The summed E-state index contributed by atoms with van der Waals surface area (Å²) < 4.78 is 0. The fraction of sp³-hybridized carbons (Fsp3) is 0.357. The smallest absolute Gasteiger partial charge is 0.183 e. The minimum Gasteiger partial charge on any atom is -0.361 e. The first kappa shape index (κ1) is 13.4. The average Bonchev–Trinajstić information content (AvgIpc) is 2.69. The number of anilines is 1. The molecule has 1 N–H and O–H groups in total. The summed E-state index contributed by atoms with van der Waals surface area (Å²) in [6.45, 7) is 7.43. The predicted molar refractivity (Wildman–Crippen MR) is 80.6 cm³/mol. The molecule has 1 aromatic carbocycles. The van der Waals surface area contributed by atoms with Crippen molar-refractivity contribution in [1.82, 2.24) is 4.98 Å². The third kappa shape index (κ3) is 3.24. The van der Waals surface area contributed by atoms with E-state index in [2.05, 4.69) is 31.1 Å². The number of hydrogen-bond acceptors (Lipinski definition) is 3. The molecule has 0 saturated heterocycles. The molecule has 2 nitrogen and oxygen atoms in total. The number of thiazole rings is 1. The van der Waals surface area contributed by atoms with E-state index in [0.29, 0.717) is 5.92 Å². The highest BCUT2D eigenvalue weighted by Crippen LogP contribution is 2.30. The third-order valence-electron chi connectivity index (χ3n) is 2.58. The Morgan fingerprint density at radius 1 is 1.28 bits per heavy atom. The average molecular weight is 281 g/mol. The molecule has 0 unspecified atom stereocenters. The summed E-state index contributed by atoms with van der Waals surface area (Å²) in [5, 5.41) is 5.11. The first-order valence-electron chi connectivity index (χ1n) is 6.03. The zero-order valence-corrected chi connectivity index (χ0v) is 12.4. The van der Waals surface area contributed by atoms with E-state index in [9.17, 15) is 0 Å². The molecule has 0 radical (unpaired) electrons. The van der Waals surface area contributed by atoms with Gasteiger partial charge in [0, 0.05) is 22.0 Å². The van der Waals surface area contributed by atoms with Gasteiger partial charge < -0.3 is 5.32 Å². The maximum absolute atomic E-state index is 5.90. The van der Waals surface area contributed by atoms with Crippen LogP contribution >= 0.6 is 22.9 Å². The molecule has 0 atom stereocenters. The van der Waals surface area contributed by atoms with Crippen LogP contribution in [0.5, 0.6) is 0 Å². The van der Waals surface area contributed by atoms with Crippen molar-refractivity contribution in [2.75, 3.05) is 11.9 Å². The molecule has 0 saturated carbocycles. The summed E-state index contributed by atoms with van der Waals surface area (Å²) in [6, 6.07) is 7.82. The molecule has 0 spiro atoms. The summed E-state index contributed by atoms with van der Waals surface area (Å²) in [5.41, 5.74) is 2.16. The lowest BCUT2D eigenvalue weighted by Crippen LogP contribution is -2.07. The van der Waals surface area contributed by atoms with Crippen molar-refractivity contribution in [2.45, 2.75) is 20.8 Å². The van der Waals surface area contributed by atoms with Gasteiger partial charge in [0.05, 0.1) is 5.69 Å². The number of halogens is 1. The van der Waals surface area contributed by atoms with Crippen LogP contribution in [-0.4, -0.2) is 11.5 Å². The quantitative estimate of drug-likeness (QED) is 0.867. The Labute approximate surface area is 117 Å². The summed E-state index contributed by atoms with van der Waals surface area (Å²) in [6.07, 6.45) is 0. The molecule has 2 rings (SSSR count). The van der Waals surface area contributed by atoms with Crippen LogP contribution in [0.15, 0.2) is 24.3 Å². The maximum Gasteiger partial charge on any atom is 0.183 e. The highest BCUT2D eigenvalue weighted by molar-refractivity contribution is 7.16. The summed E-state index contributed by atoms with van der Waals surface area (Å²) in [4.78, 5) is 5.87. The molecule has 96 valence electrons. The number of nitrogens with zero attached hydrogens (tertiary/aromatic N) is 1. The number of aryl methyl sites for hydroxylation is 1. The third-order valence-corrected chi connectivity index (χ3v) is 3.76. The number of nitrogens with one attached hydrogen (secondary N) is 1. The zero-order chi connectivity index (χ0) is 13.1. The van der Waals surface area contributed by atoms with E-state index < -0.39 is 0 Å². The first-order valence-corrected chi connectivity index (χ1v) is 7.23. The molecule has 0 bridgehead atoms. The van der Waals surface area contributed by atoms with Crippen LogP contribution in [0.4, 0.5) is 5.13 Å². The van der Waals surface area contributed by atoms with Gasteiger partial charge in [-0.15, -0.1) is 11.3 Å². The van der Waals surface area contributed by atoms with Crippen LogP contribution in [0.2, 0.25) is 5.02 Å². The topological polar surface area (TPSA) is 24.9 Å².